The summed E-state index contributed by atoms with van der Waals surface area (Å²) in [6, 6.07) is 2.34. The number of anilines is 2. The van der Waals surface area contributed by atoms with Gasteiger partial charge in [-0.25, -0.2) is 8.78 Å². The van der Waals surface area contributed by atoms with Gasteiger partial charge in [-0.15, -0.1) is 0 Å². The number of nitrogens with one attached hydrogen (secondary N) is 2. The van der Waals surface area contributed by atoms with E-state index in [1.165, 1.54) is 6.20 Å². The first kappa shape index (κ1) is 15.0. The molecule has 1 amide bonds. The summed E-state index contributed by atoms with van der Waals surface area (Å²) in [6.45, 7) is 0. The predicted octanol–water partition coefficient (Wildman–Crippen LogP) is 3.07. The van der Waals surface area contributed by atoms with Gasteiger partial charge in [-0.3, -0.25) is 4.79 Å². The van der Waals surface area contributed by atoms with E-state index in [9.17, 15) is 13.6 Å². The Morgan fingerprint density at radius 1 is 1.12 bits per heavy atom. The van der Waals surface area contributed by atoms with Crippen LogP contribution in [0.1, 0.15) is 40.9 Å². The number of nitrogens with zero attached hydrogens (tertiary/aromatic N) is 2. The van der Waals surface area contributed by atoms with Gasteiger partial charge < -0.3 is 10.6 Å². The number of hydrogen-bond acceptors (Lipinski definition) is 4. The van der Waals surface area contributed by atoms with E-state index in [4.69, 9.17) is 0 Å². The fraction of sp³-hybridized carbons (Fsp3) is 0.353. The third kappa shape index (κ3) is 2.81. The Bertz CT molecular complexity index is 820. The van der Waals surface area contributed by atoms with Crippen LogP contribution in [0, 0.1) is 11.6 Å². The van der Waals surface area contributed by atoms with Crippen LogP contribution in [-0.2, 0) is 12.8 Å². The lowest BCUT2D eigenvalue weighted by Crippen LogP contribution is -2.17. The van der Waals surface area contributed by atoms with Gasteiger partial charge in [0.2, 0.25) is 0 Å². The van der Waals surface area contributed by atoms with Crippen LogP contribution in [0.2, 0.25) is 0 Å². The molecule has 0 atom stereocenters. The molecule has 4 rings (SSSR count). The molecule has 2 aliphatic rings. The first-order chi connectivity index (χ1) is 11.6. The first-order valence-electron chi connectivity index (χ1n) is 8.02. The second-order valence-corrected chi connectivity index (χ2v) is 6.22. The largest absolute Gasteiger partial charge is 0.381 e. The molecule has 124 valence electrons. The van der Waals surface area contributed by atoms with Crippen molar-refractivity contribution in [2.24, 2.45) is 0 Å². The van der Waals surface area contributed by atoms with Gasteiger partial charge >= 0.3 is 0 Å². The average Bonchev–Trinajstić information content (AvgIpc) is 3.24. The van der Waals surface area contributed by atoms with Gasteiger partial charge in [-0.1, -0.05) is 0 Å². The van der Waals surface area contributed by atoms with Gasteiger partial charge in [0.15, 0.2) is 11.6 Å². The summed E-state index contributed by atoms with van der Waals surface area (Å²) >= 11 is 0. The molecular formula is C17H16F2N4O. The molecule has 7 heteroatoms. The van der Waals surface area contributed by atoms with Crippen molar-refractivity contribution >= 4 is 17.3 Å². The van der Waals surface area contributed by atoms with Crippen LogP contribution in [0.3, 0.4) is 0 Å². The Labute approximate surface area is 137 Å². The highest BCUT2D eigenvalue weighted by molar-refractivity contribution is 6.06. The Hall–Kier alpha value is -2.57. The van der Waals surface area contributed by atoms with Crippen molar-refractivity contribution in [2.45, 2.75) is 38.1 Å². The number of carbonyl (C=O) groups is 1. The predicted molar refractivity (Wildman–Crippen MR) is 85.0 cm³/mol. The van der Waals surface area contributed by atoms with Gasteiger partial charge in [0.1, 0.15) is 0 Å². The number of aryl methyl sites for hydroxylation is 1. The molecule has 1 aromatic carbocycles. The lowest BCUT2D eigenvalue weighted by atomic mass is 10.1. The summed E-state index contributed by atoms with van der Waals surface area (Å²) in [6.07, 6.45) is 5.91. The molecule has 0 aliphatic heterocycles. The highest BCUT2D eigenvalue weighted by atomic mass is 19.2. The van der Waals surface area contributed by atoms with Crippen LogP contribution in [-0.4, -0.2) is 22.1 Å². The first-order valence-corrected chi connectivity index (χ1v) is 8.02. The molecule has 1 aromatic heterocycles. The van der Waals surface area contributed by atoms with E-state index in [0.29, 0.717) is 11.3 Å². The van der Waals surface area contributed by atoms with Crippen LogP contribution in [0.15, 0.2) is 18.3 Å². The summed E-state index contributed by atoms with van der Waals surface area (Å²) in [7, 11) is 0. The molecule has 0 unspecified atom stereocenters. The summed E-state index contributed by atoms with van der Waals surface area (Å²) in [5.74, 6) is -2.32. The van der Waals surface area contributed by atoms with E-state index in [-0.39, 0.29) is 17.6 Å². The van der Waals surface area contributed by atoms with Crippen molar-refractivity contribution < 1.29 is 13.6 Å². The molecule has 0 radical (unpaired) electrons. The lowest BCUT2D eigenvalue weighted by molar-refractivity contribution is 0.102. The number of carbonyl (C=O) groups excluding carboxylic acids is 1. The third-order valence-electron chi connectivity index (χ3n) is 4.37. The topological polar surface area (TPSA) is 66.9 Å². The van der Waals surface area contributed by atoms with Crippen molar-refractivity contribution in [3.05, 3.63) is 46.8 Å². The maximum absolute atomic E-state index is 13.6. The fourth-order valence-electron chi connectivity index (χ4n) is 2.97. The maximum Gasteiger partial charge on any atom is 0.257 e. The van der Waals surface area contributed by atoms with Gasteiger partial charge in [-0.2, -0.15) is 10.2 Å². The van der Waals surface area contributed by atoms with E-state index in [1.807, 2.05) is 0 Å². The standard InChI is InChI=1S/C17H16F2N4O/c18-12-6-15(21-9-4-5-9)16(7-13(12)19)22-17(24)11-8-20-23-14-3-1-2-10(11)14/h6-9,21H,1-5H2,(H,22,24). The summed E-state index contributed by atoms with van der Waals surface area (Å²) < 4.78 is 27.1. The number of fused-ring (bicyclic) bond motifs is 1. The molecule has 1 heterocycles. The molecule has 1 saturated carbocycles. The van der Waals surface area contributed by atoms with Crippen molar-refractivity contribution in [2.75, 3.05) is 10.6 Å². The Kier molecular flexibility index (Phi) is 3.63. The fourth-order valence-corrected chi connectivity index (χ4v) is 2.97. The second-order valence-electron chi connectivity index (χ2n) is 6.22. The highest BCUT2D eigenvalue weighted by Crippen LogP contribution is 2.32. The normalized spacial score (nSPS) is 15.9. The molecule has 2 N–H and O–H groups in total. The zero-order valence-corrected chi connectivity index (χ0v) is 12.9. The zero-order chi connectivity index (χ0) is 16.7. The molecule has 2 aromatic rings. The minimum atomic E-state index is -0.996. The molecular weight excluding hydrogens is 314 g/mol. The second kappa shape index (κ2) is 5.81. The van der Waals surface area contributed by atoms with Crippen LogP contribution in [0.25, 0.3) is 0 Å². The minimum Gasteiger partial charge on any atom is -0.381 e. The van der Waals surface area contributed by atoms with E-state index in [2.05, 4.69) is 20.8 Å². The lowest BCUT2D eigenvalue weighted by Gasteiger charge is -2.14. The van der Waals surface area contributed by atoms with Gasteiger partial charge in [-0.05, 0) is 37.7 Å². The molecule has 24 heavy (non-hydrogen) atoms. The average molecular weight is 330 g/mol. The molecule has 1 fully saturated rings. The summed E-state index contributed by atoms with van der Waals surface area (Å²) in [4.78, 5) is 12.6. The summed E-state index contributed by atoms with van der Waals surface area (Å²) in [5.41, 5.74) is 2.79. The van der Waals surface area contributed by atoms with Crippen LogP contribution in [0.4, 0.5) is 20.2 Å². The zero-order valence-electron chi connectivity index (χ0n) is 12.9. The molecule has 0 saturated heterocycles. The number of halogens is 2. The van der Waals surface area contributed by atoms with E-state index >= 15 is 0 Å². The van der Waals surface area contributed by atoms with E-state index in [0.717, 1.165) is 55.5 Å². The Morgan fingerprint density at radius 3 is 2.62 bits per heavy atom. The van der Waals surface area contributed by atoms with Crippen LogP contribution >= 0.6 is 0 Å². The van der Waals surface area contributed by atoms with E-state index < -0.39 is 11.6 Å². The monoisotopic (exact) mass is 330 g/mol. The van der Waals surface area contributed by atoms with Gasteiger partial charge in [0, 0.05) is 18.2 Å². The Balaban J connectivity index is 1.64. The van der Waals surface area contributed by atoms with Crippen molar-refractivity contribution in [3.8, 4) is 0 Å². The summed E-state index contributed by atoms with van der Waals surface area (Å²) in [5, 5.41) is 13.7. The number of rotatable bonds is 4. The van der Waals surface area contributed by atoms with Crippen molar-refractivity contribution in [3.63, 3.8) is 0 Å². The number of aromatic nitrogens is 2. The quantitative estimate of drug-likeness (QED) is 0.904. The molecule has 0 bridgehead atoms. The number of benzene rings is 1. The molecule has 0 spiro atoms. The number of hydrogen-bond donors (Lipinski definition) is 2. The van der Waals surface area contributed by atoms with Crippen LogP contribution in [0.5, 0.6) is 0 Å². The van der Waals surface area contributed by atoms with Crippen molar-refractivity contribution in [1.82, 2.24) is 10.2 Å². The molecule has 5 nitrogen and oxygen atoms in total. The van der Waals surface area contributed by atoms with E-state index in [1.54, 1.807) is 0 Å². The Morgan fingerprint density at radius 2 is 1.88 bits per heavy atom. The third-order valence-corrected chi connectivity index (χ3v) is 4.37. The highest BCUT2D eigenvalue weighted by Gasteiger charge is 2.25. The number of amides is 1. The molecule has 2 aliphatic carbocycles. The van der Waals surface area contributed by atoms with Crippen molar-refractivity contribution in [1.29, 1.82) is 0 Å². The minimum absolute atomic E-state index is 0.231. The smallest absolute Gasteiger partial charge is 0.257 e. The van der Waals surface area contributed by atoms with Gasteiger partial charge in [0.05, 0.1) is 28.8 Å². The maximum atomic E-state index is 13.6. The SMILES string of the molecule is O=C(Nc1cc(F)c(F)cc1NC1CC1)c1cnnc2c1CCC2. The van der Waals surface area contributed by atoms with Crippen LogP contribution < -0.4 is 10.6 Å². The van der Waals surface area contributed by atoms with Gasteiger partial charge in [0.25, 0.3) is 5.91 Å².